The molecule has 41 heavy (non-hydrogen) atoms. The van der Waals surface area contributed by atoms with Gasteiger partial charge in [0.2, 0.25) is 5.91 Å². The van der Waals surface area contributed by atoms with Gasteiger partial charge in [-0.2, -0.15) is 23.0 Å². The summed E-state index contributed by atoms with van der Waals surface area (Å²) in [6, 6.07) is 4.81. The van der Waals surface area contributed by atoms with Gasteiger partial charge in [-0.1, -0.05) is 0 Å². The van der Waals surface area contributed by atoms with E-state index in [0.717, 1.165) is 25.7 Å². The number of halogens is 3. The monoisotopic (exact) mass is 574 g/mol. The topological polar surface area (TPSA) is 74.2 Å². The fourth-order valence-electron chi connectivity index (χ4n) is 7.25. The smallest absolute Gasteiger partial charge is 0.377 e. The molecule has 1 aromatic heterocycles. The van der Waals surface area contributed by atoms with Crippen LogP contribution in [-0.2, 0) is 22.3 Å². The van der Waals surface area contributed by atoms with Crippen molar-refractivity contribution in [2.24, 2.45) is 11.8 Å². The molecular formula is C29H37F3N6O3. The summed E-state index contributed by atoms with van der Waals surface area (Å²) in [5.41, 5.74) is 1.28. The molecule has 4 atom stereocenters. The Kier molecular flexibility index (Phi) is 7.25. The van der Waals surface area contributed by atoms with Crippen LogP contribution in [0.2, 0.25) is 0 Å². The van der Waals surface area contributed by atoms with E-state index < -0.39 is 11.7 Å². The molecule has 1 saturated carbocycles. The first kappa shape index (κ1) is 28.0. The van der Waals surface area contributed by atoms with Crippen LogP contribution in [0.15, 0.2) is 30.6 Å². The highest BCUT2D eigenvalue weighted by atomic mass is 19.4. The fraction of sp³-hybridized carbons (Fsp3) is 0.621. The number of carbonyl (C=O) groups excluding carboxylic acids is 2. The van der Waals surface area contributed by atoms with E-state index in [-0.39, 0.29) is 30.1 Å². The van der Waals surface area contributed by atoms with E-state index in [1.165, 1.54) is 34.8 Å². The molecule has 4 unspecified atom stereocenters. The average Bonchev–Trinajstić information content (AvgIpc) is 3.69. The first-order valence-electron chi connectivity index (χ1n) is 14.3. The summed E-state index contributed by atoms with van der Waals surface area (Å²) in [5.74, 6) is 0.530. The Morgan fingerprint density at radius 1 is 1.05 bits per heavy atom. The molecule has 1 aromatic carbocycles. The molecule has 2 amide bonds. The Bertz CT molecular complexity index is 1280. The van der Waals surface area contributed by atoms with E-state index >= 15 is 0 Å². The Hall–Kier alpha value is -3.12. The first-order chi connectivity index (χ1) is 19.5. The molecule has 0 radical (unpaired) electrons. The normalized spacial score (nSPS) is 27.5. The highest BCUT2D eigenvalue weighted by molar-refractivity contribution is 5.91. The molecular weight excluding hydrogens is 537 g/mol. The van der Waals surface area contributed by atoms with Crippen LogP contribution in [0.25, 0.3) is 0 Å². The predicted octanol–water partition coefficient (Wildman–Crippen LogP) is 4.06. The minimum absolute atomic E-state index is 0.131. The molecule has 4 fully saturated rings. The van der Waals surface area contributed by atoms with Crippen molar-refractivity contribution in [1.29, 1.82) is 0 Å². The van der Waals surface area contributed by atoms with E-state index in [1.54, 1.807) is 13.2 Å². The lowest BCUT2D eigenvalue weighted by Crippen LogP contribution is -2.46. The van der Waals surface area contributed by atoms with Crippen LogP contribution < -0.4 is 9.80 Å². The summed E-state index contributed by atoms with van der Waals surface area (Å²) >= 11 is 0. The summed E-state index contributed by atoms with van der Waals surface area (Å²) < 4.78 is 48.7. The zero-order valence-electron chi connectivity index (χ0n) is 23.7. The molecule has 0 N–H and O–H groups in total. The molecule has 0 spiro atoms. The number of hydrogen-bond donors (Lipinski definition) is 0. The zero-order valence-corrected chi connectivity index (χ0v) is 23.7. The number of morpholine rings is 1. The Morgan fingerprint density at radius 3 is 2.32 bits per heavy atom. The second kappa shape index (κ2) is 10.6. The van der Waals surface area contributed by atoms with E-state index in [2.05, 4.69) is 14.9 Å². The minimum Gasteiger partial charge on any atom is -0.377 e. The molecule has 222 valence electrons. The lowest BCUT2D eigenvalue weighted by atomic mass is 10.0. The number of rotatable bonds is 5. The number of ether oxygens (including phenoxy) is 1. The van der Waals surface area contributed by atoms with Crippen molar-refractivity contribution in [2.45, 2.75) is 63.5 Å². The lowest BCUT2D eigenvalue weighted by Gasteiger charge is -2.37. The van der Waals surface area contributed by atoms with Crippen LogP contribution in [-0.4, -0.2) is 90.0 Å². The fourth-order valence-corrected chi connectivity index (χ4v) is 7.25. The zero-order chi connectivity index (χ0) is 29.1. The van der Waals surface area contributed by atoms with E-state index in [0.29, 0.717) is 61.6 Å². The highest BCUT2D eigenvalue weighted by Gasteiger charge is 2.44. The van der Waals surface area contributed by atoms with E-state index in [9.17, 15) is 22.8 Å². The quantitative estimate of drug-likeness (QED) is 0.537. The minimum atomic E-state index is -4.41. The first-order valence-corrected chi connectivity index (χ1v) is 14.3. The molecule has 2 bridgehead atoms. The molecule has 6 rings (SSSR count). The van der Waals surface area contributed by atoms with Crippen molar-refractivity contribution in [3.8, 4) is 0 Å². The number of amides is 2. The van der Waals surface area contributed by atoms with Gasteiger partial charge in [0, 0.05) is 45.3 Å². The van der Waals surface area contributed by atoms with Gasteiger partial charge in [-0.05, 0) is 68.3 Å². The van der Waals surface area contributed by atoms with Crippen LogP contribution in [0.5, 0.6) is 0 Å². The van der Waals surface area contributed by atoms with Crippen LogP contribution in [0.1, 0.15) is 43.7 Å². The third-order valence-corrected chi connectivity index (χ3v) is 9.52. The van der Waals surface area contributed by atoms with Crippen LogP contribution >= 0.6 is 0 Å². The summed E-state index contributed by atoms with van der Waals surface area (Å²) in [6.45, 7) is 4.25. The third kappa shape index (κ3) is 5.43. The third-order valence-electron chi connectivity index (χ3n) is 9.52. The van der Waals surface area contributed by atoms with Gasteiger partial charge in [0.1, 0.15) is 0 Å². The maximum absolute atomic E-state index is 13.9. The molecule has 3 saturated heterocycles. The van der Waals surface area contributed by atoms with Crippen molar-refractivity contribution >= 4 is 23.3 Å². The van der Waals surface area contributed by atoms with Gasteiger partial charge < -0.3 is 19.4 Å². The number of anilines is 2. The molecule has 4 aliphatic rings. The summed E-state index contributed by atoms with van der Waals surface area (Å²) in [4.78, 5) is 32.3. The maximum Gasteiger partial charge on any atom is 0.416 e. The van der Waals surface area contributed by atoms with Gasteiger partial charge in [-0.15, -0.1) is 0 Å². The van der Waals surface area contributed by atoms with Crippen molar-refractivity contribution < 1.29 is 27.5 Å². The summed E-state index contributed by atoms with van der Waals surface area (Å²) in [5, 5.41) is 4.16. The van der Waals surface area contributed by atoms with Gasteiger partial charge in [0.05, 0.1) is 48.9 Å². The molecule has 12 heteroatoms. The Morgan fingerprint density at radius 2 is 1.71 bits per heavy atom. The van der Waals surface area contributed by atoms with Gasteiger partial charge in [0.15, 0.2) is 0 Å². The Labute approximate surface area is 237 Å². The van der Waals surface area contributed by atoms with Gasteiger partial charge in [-0.3, -0.25) is 9.69 Å². The second-order valence-corrected chi connectivity index (χ2v) is 12.2. The summed E-state index contributed by atoms with van der Waals surface area (Å²) in [7, 11) is 3.63. The van der Waals surface area contributed by atoms with E-state index in [4.69, 9.17) is 4.74 Å². The van der Waals surface area contributed by atoms with Crippen molar-refractivity contribution in [3.63, 3.8) is 0 Å². The lowest BCUT2D eigenvalue weighted by molar-refractivity contribution is -0.137. The largest absolute Gasteiger partial charge is 0.416 e. The SMILES string of the molecule is CC(=O)N(C)c1cnn(C(=O)N2CC3CC(N(C)Cc4cc(N5C6CCC5COC6)cc(C(F)(F)F)c4)CC3C2)c1. The van der Waals surface area contributed by atoms with Crippen LogP contribution in [0.4, 0.5) is 29.3 Å². The number of alkyl halides is 3. The molecule has 4 heterocycles. The van der Waals surface area contributed by atoms with Gasteiger partial charge >= 0.3 is 12.2 Å². The van der Waals surface area contributed by atoms with E-state index in [1.807, 2.05) is 18.0 Å². The number of benzene rings is 1. The Balaban J connectivity index is 1.10. The number of aromatic nitrogens is 2. The molecule has 9 nitrogen and oxygen atoms in total. The number of carbonyl (C=O) groups is 2. The van der Waals surface area contributed by atoms with Crippen molar-refractivity contribution in [3.05, 3.63) is 41.7 Å². The predicted molar refractivity (Wildman–Crippen MR) is 147 cm³/mol. The highest BCUT2D eigenvalue weighted by Crippen LogP contribution is 2.42. The maximum atomic E-state index is 13.9. The number of likely N-dealkylation sites (tertiary alicyclic amines) is 1. The van der Waals surface area contributed by atoms with Crippen molar-refractivity contribution in [2.75, 3.05) is 50.2 Å². The number of nitrogens with zero attached hydrogens (tertiary/aromatic N) is 6. The number of fused-ring (bicyclic) bond motifs is 3. The molecule has 2 aromatic rings. The summed E-state index contributed by atoms with van der Waals surface area (Å²) in [6.07, 6.45) is 2.33. The molecule has 3 aliphatic heterocycles. The van der Waals surface area contributed by atoms with Crippen LogP contribution in [0.3, 0.4) is 0 Å². The molecule has 1 aliphatic carbocycles. The number of hydrogen-bond acceptors (Lipinski definition) is 6. The van der Waals surface area contributed by atoms with Crippen LogP contribution in [0, 0.1) is 11.8 Å². The van der Waals surface area contributed by atoms with Crippen molar-refractivity contribution in [1.82, 2.24) is 19.6 Å². The second-order valence-electron chi connectivity index (χ2n) is 12.2. The van der Waals surface area contributed by atoms with Gasteiger partial charge in [-0.25, -0.2) is 4.79 Å². The standard InChI is InChI=1S/C29H37F3N6O3/c1-18(39)35(3)27-11-33-37(15-27)28(40)36-13-20-8-25(9-21(20)14-36)34(2)12-19-6-22(29(30,31)32)10-26(7-19)38-23-4-5-24(38)17-41-16-23/h6-7,10-11,15,20-21,23-25H,4-5,8-9,12-14,16-17H2,1-3H3. The average molecular weight is 575 g/mol. The van der Waals surface area contributed by atoms with Gasteiger partial charge in [0.25, 0.3) is 0 Å².